The summed E-state index contributed by atoms with van der Waals surface area (Å²) < 4.78 is 5.19. The largest absolute Gasteiger partial charge is 0.494 e. The highest BCUT2D eigenvalue weighted by Crippen LogP contribution is 2.26. The van der Waals surface area contributed by atoms with Crippen LogP contribution in [0.3, 0.4) is 0 Å². The molecule has 6 heteroatoms. The van der Waals surface area contributed by atoms with Gasteiger partial charge in [0.1, 0.15) is 11.4 Å². The van der Waals surface area contributed by atoms with Crippen molar-refractivity contribution in [3.63, 3.8) is 0 Å². The van der Waals surface area contributed by atoms with E-state index in [4.69, 9.17) is 4.74 Å². The average molecular weight is 299 g/mol. The van der Waals surface area contributed by atoms with E-state index in [9.17, 15) is 9.59 Å². The second-order valence-corrected chi connectivity index (χ2v) is 5.22. The Balaban J connectivity index is 1.90. The summed E-state index contributed by atoms with van der Waals surface area (Å²) in [5.41, 5.74) is 2.24. The number of carbonyl (C=O) groups excluding carboxylic acids is 2. The number of hydrogen-bond donors (Lipinski definition) is 2. The predicted octanol–water partition coefficient (Wildman–Crippen LogP) is 2.58. The minimum absolute atomic E-state index is 0.0250. The van der Waals surface area contributed by atoms with Crippen LogP contribution in [0.4, 0.5) is 5.69 Å². The Morgan fingerprint density at radius 1 is 1.36 bits per heavy atom. The van der Waals surface area contributed by atoms with Crippen molar-refractivity contribution in [3.05, 3.63) is 41.5 Å². The van der Waals surface area contributed by atoms with Gasteiger partial charge in [-0.1, -0.05) is 0 Å². The second-order valence-electron chi connectivity index (χ2n) is 5.22. The number of pyridine rings is 1. The normalized spacial score (nSPS) is 14.1. The summed E-state index contributed by atoms with van der Waals surface area (Å²) in [6.07, 6.45) is 7.80. The van der Waals surface area contributed by atoms with Gasteiger partial charge in [0.25, 0.3) is 5.91 Å². The van der Waals surface area contributed by atoms with Gasteiger partial charge in [0.05, 0.1) is 24.4 Å². The molecule has 114 valence electrons. The van der Waals surface area contributed by atoms with Gasteiger partial charge in [-0.25, -0.2) is 0 Å². The minimum atomic E-state index is -0.334. The fraction of sp³-hybridized carbons (Fsp3) is 0.312. The van der Waals surface area contributed by atoms with Gasteiger partial charge in [0.2, 0.25) is 0 Å². The monoisotopic (exact) mass is 299 g/mol. The zero-order chi connectivity index (χ0) is 15.5. The fourth-order valence-electron chi connectivity index (χ4n) is 2.72. The van der Waals surface area contributed by atoms with E-state index >= 15 is 0 Å². The van der Waals surface area contributed by atoms with Crippen LogP contribution in [-0.4, -0.2) is 28.8 Å². The third kappa shape index (κ3) is 2.59. The number of carbonyl (C=O) groups is 2. The first-order valence-corrected chi connectivity index (χ1v) is 7.23. The molecule has 2 heterocycles. The Labute approximate surface area is 127 Å². The molecule has 6 nitrogen and oxygen atoms in total. The summed E-state index contributed by atoms with van der Waals surface area (Å²) in [5.74, 6) is 0.215. The van der Waals surface area contributed by atoms with Gasteiger partial charge in [-0.05, 0) is 19.3 Å². The maximum absolute atomic E-state index is 12.5. The summed E-state index contributed by atoms with van der Waals surface area (Å²) in [7, 11) is 1.52. The van der Waals surface area contributed by atoms with Gasteiger partial charge in [-0.2, -0.15) is 0 Å². The van der Waals surface area contributed by atoms with Crippen LogP contribution in [0.25, 0.3) is 0 Å². The number of rotatable bonds is 3. The van der Waals surface area contributed by atoms with E-state index in [0.717, 1.165) is 25.0 Å². The first kappa shape index (κ1) is 14.3. The molecular formula is C16H17N3O3. The molecule has 0 spiro atoms. The molecule has 1 aliphatic carbocycles. The van der Waals surface area contributed by atoms with Gasteiger partial charge in [0, 0.05) is 30.6 Å². The van der Waals surface area contributed by atoms with Crippen LogP contribution >= 0.6 is 0 Å². The smallest absolute Gasteiger partial charge is 0.258 e. The van der Waals surface area contributed by atoms with E-state index in [1.807, 2.05) is 0 Å². The number of ketones is 1. The molecule has 0 aromatic carbocycles. The third-order valence-electron chi connectivity index (χ3n) is 3.82. The molecule has 2 N–H and O–H groups in total. The number of nitrogens with zero attached hydrogens (tertiary/aromatic N) is 1. The van der Waals surface area contributed by atoms with E-state index in [1.165, 1.54) is 13.3 Å². The number of hydrogen-bond acceptors (Lipinski definition) is 4. The standard InChI is InChI=1S/C16H17N3O3/c1-22-14-6-7-17-9-12(14)19-16(21)10-8-18-11-4-2-3-5-13(20)15(10)11/h6-9,18H,2-5H2,1H3,(H,19,21). The van der Waals surface area contributed by atoms with Crippen molar-refractivity contribution >= 4 is 17.4 Å². The number of aromatic nitrogens is 2. The summed E-state index contributed by atoms with van der Waals surface area (Å²) in [6, 6.07) is 1.67. The molecule has 3 rings (SSSR count). The molecule has 0 bridgehead atoms. The van der Waals surface area contributed by atoms with Crippen LogP contribution in [0.1, 0.15) is 45.7 Å². The molecule has 0 aliphatic heterocycles. The van der Waals surface area contributed by atoms with Gasteiger partial charge in [0.15, 0.2) is 5.78 Å². The van der Waals surface area contributed by atoms with Crippen molar-refractivity contribution in [1.82, 2.24) is 9.97 Å². The van der Waals surface area contributed by atoms with Crippen LogP contribution in [-0.2, 0) is 6.42 Å². The van der Waals surface area contributed by atoms with Crippen LogP contribution in [0.5, 0.6) is 5.75 Å². The number of aryl methyl sites for hydroxylation is 1. The maximum atomic E-state index is 12.5. The minimum Gasteiger partial charge on any atom is -0.494 e. The summed E-state index contributed by atoms with van der Waals surface area (Å²) in [6.45, 7) is 0. The van der Waals surface area contributed by atoms with Crippen LogP contribution in [0.15, 0.2) is 24.7 Å². The number of ether oxygens (including phenoxy) is 1. The number of fused-ring (bicyclic) bond motifs is 1. The third-order valence-corrected chi connectivity index (χ3v) is 3.82. The van der Waals surface area contributed by atoms with Crippen molar-refractivity contribution in [3.8, 4) is 5.75 Å². The van der Waals surface area contributed by atoms with Gasteiger partial charge < -0.3 is 15.0 Å². The quantitative estimate of drug-likeness (QED) is 0.853. The van der Waals surface area contributed by atoms with Crippen LogP contribution in [0.2, 0.25) is 0 Å². The number of H-pyrrole nitrogens is 1. The number of amides is 1. The summed E-state index contributed by atoms with van der Waals surface area (Å²) in [4.78, 5) is 31.8. The predicted molar refractivity (Wildman–Crippen MR) is 81.4 cm³/mol. The van der Waals surface area contributed by atoms with Gasteiger partial charge in [-0.15, -0.1) is 0 Å². The Kier molecular flexibility index (Phi) is 3.91. The van der Waals surface area contributed by atoms with Crippen molar-refractivity contribution in [2.45, 2.75) is 25.7 Å². The molecule has 0 fully saturated rings. The molecule has 2 aromatic rings. The molecular weight excluding hydrogens is 282 g/mol. The molecule has 1 amide bonds. The van der Waals surface area contributed by atoms with Gasteiger partial charge in [-0.3, -0.25) is 14.6 Å². The Morgan fingerprint density at radius 3 is 3.00 bits per heavy atom. The Hall–Kier alpha value is -2.63. The molecule has 22 heavy (non-hydrogen) atoms. The topological polar surface area (TPSA) is 84.1 Å². The highest BCUT2D eigenvalue weighted by Gasteiger charge is 2.25. The lowest BCUT2D eigenvalue weighted by Gasteiger charge is -2.09. The molecule has 0 saturated heterocycles. The first-order chi connectivity index (χ1) is 10.7. The number of Topliss-reactive ketones (excluding diaryl/α,β-unsaturated/α-hetero) is 1. The molecule has 0 unspecified atom stereocenters. The maximum Gasteiger partial charge on any atom is 0.258 e. The van der Waals surface area contributed by atoms with E-state index in [0.29, 0.717) is 29.0 Å². The highest BCUT2D eigenvalue weighted by molar-refractivity contribution is 6.13. The molecule has 1 aliphatic rings. The van der Waals surface area contributed by atoms with E-state index in [-0.39, 0.29) is 11.7 Å². The lowest BCUT2D eigenvalue weighted by Crippen LogP contribution is -2.16. The van der Waals surface area contributed by atoms with E-state index < -0.39 is 0 Å². The fourth-order valence-corrected chi connectivity index (χ4v) is 2.72. The number of anilines is 1. The average Bonchev–Trinajstić information content (AvgIpc) is 2.87. The summed E-state index contributed by atoms with van der Waals surface area (Å²) in [5, 5.41) is 2.76. The van der Waals surface area contributed by atoms with E-state index in [2.05, 4.69) is 15.3 Å². The summed E-state index contributed by atoms with van der Waals surface area (Å²) >= 11 is 0. The lowest BCUT2D eigenvalue weighted by molar-refractivity contribution is 0.0965. The van der Waals surface area contributed by atoms with Crippen LogP contribution in [0, 0.1) is 0 Å². The lowest BCUT2D eigenvalue weighted by atomic mass is 10.0. The molecule has 0 atom stereocenters. The van der Waals surface area contributed by atoms with Crippen molar-refractivity contribution in [1.29, 1.82) is 0 Å². The van der Waals surface area contributed by atoms with Crippen molar-refractivity contribution < 1.29 is 14.3 Å². The molecule has 0 saturated carbocycles. The Bertz CT molecular complexity index is 721. The van der Waals surface area contributed by atoms with Crippen molar-refractivity contribution in [2.75, 3.05) is 12.4 Å². The van der Waals surface area contributed by atoms with Gasteiger partial charge >= 0.3 is 0 Å². The zero-order valence-electron chi connectivity index (χ0n) is 12.3. The highest BCUT2D eigenvalue weighted by atomic mass is 16.5. The van der Waals surface area contributed by atoms with Crippen LogP contribution < -0.4 is 10.1 Å². The first-order valence-electron chi connectivity index (χ1n) is 7.23. The molecule has 2 aromatic heterocycles. The number of nitrogens with one attached hydrogen (secondary N) is 2. The second kappa shape index (κ2) is 6.01. The number of aromatic amines is 1. The van der Waals surface area contributed by atoms with E-state index in [1.54, 1.807) is 18.5 Å². The van der Waals surface area contributed by atoms with Crippen molar-refractivity contribution in [2.24, 2.45) is 0 Å². The zero-order valence-corrected chi connectivity index (χ0v) is 12.3. The molecule has 0 radical (unpaired) electrons. The SMILES string of the molecule is COc1ccncc1NC(=O)c1c[nH]c2c1C(=O)CCCC2. The Morgan fingerprint density at radius 2 is 2.18 bits per heavy atom. The number of methoxy groups -OCH3 is 1.